The van der Waals surface area contributed by atoms with Crippen molar-refractivity contribution in [3.63, 3.8) is 0 Å². The number of amides is 2. The van der Waals surface area contributed by atoms with Gasteiger partial charge in [0.2, 0.25) is 0 Å². The number of esters is 1. The number of hydrogen-bond donors (Lipinski definition) is 0. The van der Waals surface area contributed by atoms with E-state index < -0.39 is 11.6 Å². The van der Waals surface area contributed by atoms with Crippen molar-refractivity contribution < 1.29 is 19.1 Å². The highest BCUT2D eigenvalue weighted by molar-refractivity contribution is 6.21. The van der Waals surface area contributed by atoms with Crippen molar-refractivity contribution >= 4 is 23.9 Å². The third kappa shape index (κ3) is 3.24. The number of carbonyl (C=O) groups excluding carboxylic acids is 3. The van der Waals surface area contributed by atoms with Crippen molar-refractivity contribution in [2.75, 3.05) is 6.54 Å². The molecule has 0 saturated carbocycles. The van der Waals surface area contributed by atoms with Crippen molar-refractivity contribution in [2.24, 2.45) is 0 Å². The zero-order valence-electron chi connectivity index (χ0n) is 13.2. The number of carbonyl (C=O) groups is 3. The van der Waals surface area contributed by atoms with E-state index in [0.29, 0.717) is 23.2 Å². The number of ether oxygens (including phenoxy) is 1. The predicted molar refractivity (Wildman–Crippen MR) is 82.4 cm³/mol. The topological polar surface area (TPSA) is 63.7 Å². The number of benzene rings is 1. The summed E-state index contributed by atoms with van der Waals surface area (Å²) < 4.78 is 5.17. The van der Waals surface area contributed by atoms with Crippen LogP contribution in [-0.2, 0) is 9.53 Å². The van der Waals surface area contributed by atoms with E-state index >= 15 is 0 Å². The van der Waals surface area contributed by atoms with Gasteiger partial charge in [-0.2, -0.15) is 0 Å². The van der Waals surface area contributed by atoms with Crippen LogP contribution in [0.25, 0.3) is 6.08 Å². The highest BCUT2D eigenvalue weighted by Gasteiger charge is 2.34. The zero-order chi connectivity index (χ0) is 16.5. The minimum atomic E-state index is -0.552. The summed E-state index contributed by atoms with van der Waals surface area (Å²) in [6, 6.07) is 4.93. The van der Waals surface area contributed by atoms with Gasteiger partial charge in [0.1, 0.15) is 5.60 Å². The van der Waals surface area contributed by atoms with Gasteiger partial charge in [-0.3, -0.25) is 14.5 Å². The molecule has 2 rings (SSSR count). The molecular formula is C17H19NO4. The average Bonchev–Trinajstić information content (AvgIpc) is 2.66. The van der Waals surface area contributed by atoms with Gasteiger partial charge in [0.25, 0.3) is 11.8 Å². The van der Waals surface area contributed by atoms with Gasteiger partial charge in [-0.1, -0.05) is 6.07 Å². The molecule has 0 N–H and O–H groups in total. The van der Waals surface area contributed by atoms with E-state index in [0.717, 1.165) is 0 Å². The summed E-state index contributed by atoms with van der Waals surface area (Å²) in [5.74, 6) is -1.02. The fourth-order valence-electron chi connectivity index (χ4n) is 2.20. The Hall–Kier alpha value is -2.43. The zero-order valence-corrected chi connectivity index (χ0v) is 13.2. The first-order chi connectivity index (χ1) is 10.2. The number of rotatable bonds is 3. The second-order valence-electron chi connectivity index (χ2n) is 6.03. The van der Waals surface area contributed by atoms with E-state index in [1.165, 1.54) is 11.0 Å². The maximum absolute atomic E-state index is 12.1. The molecule has 0 bridgehead atoms. The fraction of sp³-hybridized carbons (Fsp3) is 0.353. The Morgan fingerprint density at radius 2 is 1.82 bits per heavy atom. The lowest BCUT2D eigenvalue weighted by Gasteiger charge is -2.17. The van der Waals surface area contributed by atoms with Gasteiger partial charge in [0.15, 0.2) is 0 Å². The molecule has 1 aliphatic heterocycles. The summed E-state index contributed by atoms with van der Waals surface area (Å²) in [5.41, 5.74) is 0.895. The summed E-state index contributed by atoms with van der Waals surface area (Å²) in [7, 11) is 0. The van der Waals surface area contributed by atoms with Crippen molar-refractivity contribution in [3.05, 3.63) is 41.0 Å². The maximum atomic E-state index is 12.1. The van der Waals surface area contributed by atoms with E-state index in [-0.39, 0.29) is 11.8 Å². The molecule has 5 heteroatoms. The van der Waals surface area contributed by atoms with Gasteiger partial charge in [-0.25, -0.2) is 4.79 Å². The van der Waals surface area contributed by atoms with Gasteiger partial charge in [0.05, 0.1) is 11.1 Å². The van der Waals surface area contributed by atoms with E-state index in [2.05, 4.69) is 0 Å². The summed E-state index contributed by atoms with van der Waals surface area (Å²) in [4.78, 5) is 36.9. The van der Waals surface area contributed by atoms with Gasteiger partial charge in [-0.05, 0) is 51.5 Å². The molecule has 0 fully saturated rings. The molecule has 1 aromatic carbocycles. The Labute approximate surface area is 129 Å². The molecular weight excluding hydrogens is 282 g/mol. The molecule has 0 spiro atoms. The van der Waals surface area contributed by atoms with Crippen LogP contribution in [-0.4, -0.2) is 34.8 Å². The number of hydrogen-bond acceptors (Lipinski definition) is 4. The molecule has 0 atom stereocenters. The second kappa shape index (κ2) is 5.75. The molecule has 2 amide bonds. The molecule has 1 aromatic rings. The quantitative estimate of drug-likeness (QED) is 0.489. The monoisotopic (exact) mass is 301 g/mol. The van der Waals surface area contributed by atoms with Crippen molar-refractivity contribution in [3.8, 4) is 0 Å². The van der Waals surface area contributed by atoms with Crippen LogP contribution in [0.5, 0.6) is 0 Å². The molecule has 1 heterocycles. The Kier molecular flexibility index (Phi) is 4.17. The minimum Gasteiger partial charge on any atom is -0.457 e. The van der Waals surface area contributed by atoms with Gasteiger partial charge in [0, 0.05) is 12.6 Å². The standard InChI is InChI=1S/C17H19NO4/c1-5-18-15(20)12-8-6-11(10-13(12)16(18)21)7-9-14(19)22-17(2,3)4/h6-10H,5H2,1-4H3. The molecule has 0 aromatic heterocycles. The van der Waals surface area contributed by atoms with E-state index in [1.54, 1.807) is 52.0 Å². The lowest BCUT2D eigenvalue weighted by atomic mass is 10.1. The number of fused-ring (bicyclic) bond motifs is 1. The van der Waals surface area contributed by atoms with E-state index in [1.807, 2.05) is 0 Å². The lowest BCUT2D eigenvalue weighted by molar-refractivity contribution is -0.148. The second-order valence-corrected chi connectivity index (χ2v) is 6.03. The highest BCUT2D eigenvalue weighted by atomic mass is 16.6. The first-order valence-corrected chi connectivity index (χ1v) is 7.14. The summed E-state index contributed by atoms with van der Waals surface area (Å²) in [5, 5.41) is 0. The molecule has 1 aliphatic rings. The molecule has 0 saturated heterocycles. The Morgan fingerprint density at radius 1 is 1.18 bits per heavy atom. The SMILES string of the molecule is CCN1C(=O)c2ccc(C=CC(=O)OC(C)(C)C)cc2C1=O. The third-order valence-corrected chi connectivity index (χ3v) is 3.13. The molecule has 0 aliphatic carbocycles. The van der Waals surface area contributed by atoms with E-state index in [9.17, 15) is 14.4 Å². The maximum Gasteiger partial charge on any atom is 0.331 e. The minimum absolute atomic E-state index is 0.273. The van der Waals surface area contributed by atoms with Gasteiger partial charge in [-0.15, -0.1) is 0 Å². The van der Waals surface area contributed by atoms with Crippen LogP contribution in [0.1, 0.15) is 54.0 Å². The van der Waals surface area contributed by atoms with Crippen molar-refractivity contribution in [1.29, 1.82) is 0 Å². The first-order valence-electron chi connectivity index (χ1n) is 7.14. The third-order valence-electron chi connectivity index (χ3n) is 3.13. The highest BCUT2D eigenvalue weighted by Crippen LogP contribution is 2.24. The average molecular weight is 301 g/mol. The van der Waals surface area contributed by atoms with Crippen LogP contribution in [0.4, 0.5) is 0 Å². The Balaban J connectivity index is 2.20. The summed E-state index contributed by atoms with van der Waals surface area (Å²) in [6.45, 7) is 7.47. The summed E-state index contributed by atoms with van der Waals surface area (Å²) >= 11 is 0. The number of nitrogens with zero attached hydrogens (tertiary/aromatic N) is 1. The van der Waals surface area contributed by atoms with Gasteiger partial charge >= 0.3 is 5.97 Å². The molecule has 116 valence electrons. The van der Waals surface area contributed by atoms with Crippen LogP contribution in [0, 0.1) is 0 Å². The lowest BCUT2D eigenvalue weighted by Crippen LogP contribution is -2.29. The van der Waals surface area contributed by atoms with Crippen LogP contribution in [0.3, 0.4) is 0 Å². The normalized spacial score (nSPS) is 14.6. The Morgan fingerprint density at radius 3 is 2.41 bits per heavy atom. The van der Waals surface area contributed by atoms with Crippen LogP contribution < -0.4 is 0 Å². The number of imide groups is 1. The summed E-state index contributed by atoms with van der Waals surface area (Å²) in [6.07, 6.45) is 2.88. The molecule has 0 radical (unpaired) electrons. The largest absolute Gasteiger partial charge is 0.457 e. The van der Waals surface area contributed by atoms with Crippen molar-refractivity contribution in [2.45, 2.75) is 33.3 Å². The first kappa shape index (κ1) is 15.9. The fourth-order valence-corrected chi connectivity index (χ4v) is 2.20. The molecule has 5 nitrogen and oxygen atoms in total. The predicted octanol–water partition coefficient (Wildman–Crippen LogP) is 2.66. The smallest absolute Gasteiger partial charge is 0.331 e. The van der Waals surface area contributed by atoms with Crippen LogP contribution >= 0.6 is 0 Å². The van der Waals surface area contributed by atoms with Crippen LogP contribution in [0.15, 0.2) is 24.3 Å². The van der Waals surface area contributed by atoms with E-state index in [4.69, 9.17) is 4.74 Å². The van der Waals surface area contributed by atoms with Crippen molar-refractivity contribution in [1.82, 2.24) is 4.90 Å². The molecule has 0 unspecified atom stereocenters. The Bertz CT molecular complexity index is 668. The van der Waals surface area contributed by atoms with Gasteiger partial charge < -0.3 is 4.74 Å². The van der Waals surface area contributed by atoms with Crippen LogP contribution in [0.2, 0.25) is 0 Å². The molecule has 22 heavy (non-hydrogen) atoms.